The van der Waals surface area contributed by atoms with Crippen LogP contribution >= 0.6 is 17.4 Å². The lowest BCUT2D eigenvalue weighted by Gasteiger charge is -2.09. The summed E-state index contributed by atoms with van der Waals surface area (Å²) in [5.41, 5.74) is -2.06. The molecule has 0 saturated heterocycles. The summed E-state index contributed by atoms with van der Waals surface area (Å²) < 4.78 is 81.6. The lowest BCUT2D eigenvalue weighted by atomic mass is 10.1. The van der Waals surface area contributed by atoms with Crippen LogP contribution in [-0.4, -0.2) is 0 Å². The van der Waals surface area contributed by atoms with Gasteiger partial charge in [0.25, 0.3) is 0 Å². The third kappa shape index (κ3) is 3.09. The number of benzene rings is 1. The third-order valence-corrected chi connectivity index (χ3v) is 2.44. The van der Waals surface area contributed by atoms with E-state index in [-0.39, 0.29) is 0 Å². The van der Waals surface area contributed by atoms with Gasteiger partial charge in [0.05, 0.1) is 24.3 Å². The molecule has 10 heteroatoms. The highest BCUT2D eigenvalue weighted by Crippen LogP contribution is 2.26. The third-order valence-electron chi connectivity index (χ3n) is 1.97. The Hall–Kier alpha value is -0.940. The maximum absolute atomic E-state index is 13.4. The van der Waals surface area contributed by atoms with Gasteiger partial charge in [-0.25, -0.2) is 26.7 Å². The molecule has 0 heterocycles. The van der Waals surface area contributed by atoms with Crippen LogP contribution in [0.15, 0.2) is 0 Å². The molecule has 0 aliphatic heterocycles. The van der Waals surface area contributed by atoms with Gasteiger partial charge in [-0.2, -0.15) is 0 Å². The molecule has 98 valence electrons. The Morgan fingerprint density at radius 3 is 1.22 bits per heavy atom. The van der Waals surface area contributed by atoms with Gasteiger partial charge in [0, 0.05) is 0 Å². The fourth-order valence-corrected chi connectivity index (χ4v) is 1.52. The maximum Gasteiger partial charge on any atom is 0.327 e. The molecule has 0 N–H and O–H groups in total. The van der Waals surface area contributed by atoms with Gasteiger partial charge in [0.1, 0.15) is 0 Å². The molecule has 0 spiro atoms. The SMILES string of the molecule is O=POCc1c(F)c(F)c(COP=O)c(F)c1F. The van der Waals surface area contributed by atoms with Gasteiger partial charge in [-0.3, -0.25) is 9.05 Å². The van der Waals surface area contributed by atoms with Gasteiger partial charge in [-0.1, -0.05) is 0 Å². The predicted molar refractivity (Wildman–Crippen MR) is 51.1 cm³/mol. The Kier molecular flexibility index (Phi) is 5.75. The van der Waals surface area contributed by atoms with Crippen molar-refractivity contribution in [2.24, 2.45) is 0 Å². The van der Waals surface area contributed by atoms with E-state index in [1.165, 1.54) is 0 Å². The molecule has 4 nitrogen and oxygen atoms in total. The van der Waals surface area contributed by atoms with Gasteiger partial charge >= 0.3 is 17.4 Å². The maximum atomic E-state index is 13.4. The van der Waals surface area contributed by atoms with Crippen LogP contribution in [0.4, 0.5) is 17.6 Å². The molecule has 0 bridgehead atoms. The van der Waals surface area contributed by atoms with Crippen molar-refractivity contribution in [3.8, 4) is 0 Å². The fourth-order valence-electron chi connectivity index (χ4n) is 1.16. The van der Waals surface area contributed by atoms with E-state index in [0.717, 1.165) is 0 Å². The number of halogens is 4. The van der Waals surface area contributed by atoms with Gasteiger partial charge in [0.15, 0.2) is 23.3 Å². The minimum atomic E-state index is -1.68. The predicted octanol–water partition coefficient (Wildman–Crippen LogP) is 3.69. The van der Waals surface area contributed by atoms with Crippen LogP contribution in [0.1, 0.15) is 11.1 Å². The molecule has 0 radical (unpaired) electrons. The molecule has 1 rings (SSSR count). The highest BCUT2D eigenvalue weighted by atomic mass is 31.1. The Balaban J connectivity index is 3.25. The van der Waals surface area contributed by atoms with E-state index in [4.69, 9.17) is 0 Å². The van der Waals surface area contributed by atoms with Crippen molar-refractivity contribution in [2.45, 2.75) is 13.2 Å². The zero-order chi connectivity index (χ0) is 13.7. The second-order valence-corrected chi connectivity index (χ2v) is 3.72. The van der Waals surface area contributed by atoms with Crippen LogP contribution < -0.4 is 0 Å². The second-order valence-electron chi connectivity index (χ2n) is 2.91. The molecule has 0 saturated carbocycles. The molecular weight excluding hydrogens is 298 g/mol. The molecule has 0 aliphatic rings. The summed E-state index contributed by atoms with van der Waals surface area (Å²) in [7, 11) is -1.78. The zero-order valence-corrected chi connectivity index (χ0v) is 10.2. The van der Waals surface area contributed by atoms with Crippen molar-refractivity contribution in [1.82, 2.24) is 0 Å². The van der Waals surface area contributed by atoms with Crippen LogP contribution in [0.2, 0.25) is 0 Å². The van der Waals surface area contributed by atoms with Crippen LogP contribution in [0.25, 0.3) is 0 Å². The monoisotopic (exact) mass is 302 g/mol. The minimum Gasteiger partial charge on any atom is -0.289 e. The number of hydrogen-bond donors (Lipinski definition) is 0. The summed E-state index contributed by atoms with van der Waals surface area (Å²) in [5.74, 6) is -6.73. The topological polar surface area (TPSA) is 52.6 Å². The van der Waals surface area contributed by atoms with E-state index >= 15 is 0 Å². The van der Waals surface area contributed by atoms with Crippen LogP contribution in [0.5, 0.6) is 0 Å². The first-order chi connectivity index (χ1) is 8.54. The van der Waals surface area contributed by atoms with Crippen molar-refractivity contribution < 1.29 is 35.7 Å². The van der Waals surface area contributed by atoms with E-state index < -0.39 is 65.0 Å². The lowest BCUT2D eigenvalue weighted by Crippen LogP contribution is -2.09. The molecule has 0 fully saturated rings. The molecular formula is C8H4F4O4P2. The summed E-state index contributed by atoms with van der Waals surface area (Å²) in [4.78, 5) is 0. The lowest BCUT2D eigenvalue weighted by molar-refractivity contribution is 0.289. The van der Waals surface area contributed by atoms with E-state index in [0.29, 0.717) is 0 Å². The first-order valence-corrected chi connectivity index (χ1v) is 5.73. The van der Waals surface area contributed by atoms with Crippen LogP contribution in [0.3, 0.4) is 0 Å². The van der Waals surface area contributed by atoms with E-state index in [9.17, 15) is 26.7 Å². The molecule has 18 heavy (non-hydrogen) atoms. The molecule has 0 unspecified atom stereocenters. The van der Waals surface area contributed by atoms with E-state index in [2.05, 4.69) is 9.05 Å². The standard InChI is InChI=1S/C8H4F4O4P2/c9-5-3(1-15-17-13)6(10)8(12)4(7(5)11)2-16-18-14/h1-2H2. The molecule has 1 aromatic rings. The summed E-state index contributed by atoms with van der Waals surface area (Å²) in [6, 6.07) is 0. The first kappa shape index (κ1) is 15.1. The Bertz CT molecular complexity index is 411. The first-order valence-electron chi connectivity index (χ1n) is 4.27. The average molecular weight is 302 g/mol. The Morgan fingerprint density at radius 1 is 0.722 bits per heavy atom. The van der Waals surface area contributed by atoms with Gasteiger partial charge in [-0.05, 0) is 0 Å². The minimum absolute atomic E-state index is 0.890. The number of hydrogen-bond acceptors (Lipinski definition) is 4. The largest absolute Gasteiger partial charge is 0.327 e. The molecule has 0 atom stereocenters. The van der Waals surface area contributed by atoms with Crippen molar-refractivity contribution in [1.29, 1.82) is 0 Å². The molecule has 0 aliphatic carbocycles. The highest BCUT2D eigenvalue weighted by molar-refractivity contribution is 7.17. The van der Waals surface area contributed by atoms with Gasteiger partial charge in [0.2, 0.25) is 0 Å². The fraction of sp³-hybridized carbons (Fsp3) is 0.250. The van der Waals surface area contributed by atoms with Crippen LogP contribution in [0, 0.1) is 23.3 Å². The van der Waals surface area contributed by atoms with Crippen molar-refractivity contribution in [3.05, 3.63) is 34.4 Å². The normalized spacial score (nSPS) is 11.3. The summed E-state index contributed by atoms with van der Waals surface area (Å²) in [5, 5.41) is 0. The zero-order valence-electron chi connectivity index (χ0n) is 8.45. The quantitative estimate of drug-likeness (QED) is 0.457. The summed E-state index contributed by atoms with van der Waals surface area (Å²) in [6.07, 6.45) is 0. The molecule has 1 aromatic carbocycles. The smallest absolute Gasteiger partial charge is 0.289 e. The second kappa shape index (κ2) is 6.85. The van der Waals surface area contributed by atoms with Gasteiger partial charge in [-0.15, -0.1) is 0 Å². The highest BCUT2D eigenvalue weighted by Gasteiger charge is 2.25. The van der Waals surface area contributed by atoms with Crippen molar-refractivity contribution in [2.75, 3.05) is 0 Å². The molecule has 0 amide bonds. The van der Waals surface area contributed by atoms with Crippen molar-refractivity contribution >= 4 is 17.4 Å². The summed E-state index contributed by atoms with van der Waals surface area (Å²) >= 11 is 0. The Labute approximate surface area is 101 Å². The number of rotatable bonds is 6. The Morgan fingerprint density at radius 2 is 1.00 bits per heavy atom. The average Bonchev–Trinajstić information content (AvgIpc) is 2.37. The van der Waals surface area contributed by atoms with Crippen LogP contribution in [-0.2, 0) is 31.4 Å². The van der Waals surface area contributed by atoms with E-state index in [1.54, 1.807) is 0 Å². The van der Waals surface area contributed by atoms with Crippen molar-refractivity contribution in [3.63, 3.8) is 0 Å². The van der Waals surface area contributed by atoms with E-state index in [1.807, 2.05) is 0 Å². The molecule has 0 aromatic heterocycles. The summed E-state index contributed by atoms with van der Waals surface area (Å²) in [6.45, 7) is -1.81. The van der Waals surface area contributed by atoms with Gasteiger partial charge < -0.3 is 0 Å².